The van der Waals surface area contributed by atoms with E-state index in [0.29, 0.717) is 0 Å². The van der Waals surface area contributed by atoms with Crippen LogP contribution in [0.5, 0.6) is 11.5 Å². The Labute approximate surface area is 214 Å². The maximum absolute atomic E-state index is 14.7. The van der Waals surface area contributed by atoms with Crippen LogP contribution in [0.4, 0.5) is 4.39 Å². The third-order valence-corrected chi connectivity index (χ3v) is 5.21. The Morgan fingerprint density at radius 1 is 0.763 bits per heavy atom. The van der Waals surface area contributed by atoms with Gasteiger partial charge in [0.25, 0.3) is 0 Å². The van der Waals surface area contributed by atoms with Crippen LogP contribution in [0, 0.1) is 0 Å². The van der Waals surface area contributed by atoms with Gasteiger partial charge in [-0.3, -0.25) is 19.2 Å². The van der Waals surface area contributed by atoms with E-state index in [1.54, 1.807) is 24.3 Å². The number of rotatable bonds is 10. The molecule has 0 N–H and O–H groups in total. The molecule has 38 heavy (non-hydrogen) atoms. The topological polar surface area (TPSA) is 131 Å². The SMILES string of the molecule is CC(=O)OCc1cc(=O)c2c(OCC([18F])COc3cccc4oc(COC(C)=O)cc(=O)c34)cccc2o1. The number of halogens is 1. The lowest BCUT2D eigenvalue weighted by molar-refractivity contribution is -0.143. The van der Waals surface area contributed by atoms with Gasteiger partial charge in [-0.1, -0.05) is 12.1 Å². The van der Waals surface area contributed by atoms with Gasteiger partial charge in [0.1, 0.15) is 71.4 Å². The monoisotopic (exact) mass is 525 g/mol. The van der Waals surface area contributed by atoms with E-state index in [-0.39, 0.29) is 58.2 Å². The highest BCUT2D eigenvalue weighted by Crippen LogP contribution is 2.26. The summed E-state index contributed by atoms with van der Waals surface area (Å²) in [4.78, 5) is 47.2. The second-order valence-electron chi connectivity index (χ2n) is 8.19. The molecule has 0 saturated heterocycles. The molecule has 4 aromatic rings. The summed E-state index contributed by atoms with van der Waals surface area (Å²) in [7, 11) is 0. The van der Waals surface area contributed by atoms with E-state index in [0.717, 1.165) is 0 Å². The zero-order chi connectivity index (χ0) is 27.2. The van der Waals surface area contributed by atoms with Gasteiger partial charge in [0.15, 0.2) is 17.0 Å². The molecular formula is C27H23FO10. The van der Waals surface area contributed by atoms with Crippen molar-refractivity contribution in [2.24, 2.45) is 0 Å². The lowest BCUT2D eigenvalue weighted by Crippen LogP contribution is -2.22. The van der Waals surface area contributed by atoms with E-state index in [1.165, 1.54) is 38.1 Å². The van der Waals surface area contributed by atoms with E-state index >= 15 is 0 Å². The molecule has 0 fully saturated rings. The highest BCUT2D eigenvalue weighted by atomic mass is 18.2. The number of benzene rings is 2. The largest absolute Gasteiger partial charge is 0.489 e. The molecule has 10 nitrogen and oxygen atoms in total. The van der Waals surface area contributed by atoms with Gasteiger partial charge in [-0.15, -0.1) is 0 Å². The molecule has 0 aliphatic carbocycles. The van der Waals surface area contributed by atoms with E-state index in [4.69, 9.17) is 27.8 Å². The fourth-order valence-corrected chi connectivity index (χ4v) is 3.59. The predicted octanol–water partition coefficient (Wildman–Crippen LogP) is 3.82. The molecule has 4 rings (SSSR count). The molecule has 0 radical (unpaired) electrons. The number of carbonyl (C=O) groups is 2. The van der Waals surface area contributed by atoms with Crippen molar-refractivity contribution in [2.45, 2.75) is 33.2 Å². The number of esters is 2. The Morgan fingerprint density at radius 2 is 1.18 bits per heavy atom. The molecule has 0 bridgehead atoms. The minimum Gasteiger partial charge on any atom is -0.489 e. The van der Waals surface area contributed by atoms with Crippen LogP contribution in [0.15, 0.2) is 67.0 Å². The van der Waals surface area contributed by atoms with Crippen molar-refractivity contribution < 1.29 is 41.8 Å². The quantitative estimate of drug-likeness (QED) is 0.282. The summed E-state index contributed by atoms with van der Waals surface area (Å²) in [6.07, 6.45) is -1.62. The van der Waals surface area contributed by atoms with Crippen LogP contribution in [0.25, 0.3) is 21.9 Å². The van der Waals surface area contributed by atoms with Crippen LogP contribution in [-0.2, 0) is 32.3 Å². The third-order valence-electron chi connectivity index (χ3n) is 5.21. The first-order chi connectivity index (χ1) is 18.2. The van der Waals surface area contributed by atoms with Gasteiger partial charge in [-0.05, 0) is 24.3 Å². The molecule has 0 amide bonds. The normalized spacial score (nSPS) is 11.1. The second-order valence-corrected chi connectivity index (χ2v) is 8.19. The number of alkyl halides is 1. The number of carbonyl (C=O) groups excluding carboxylic acids is 2. The molecule has 2 aromatic carbocycles. The van der Waals surface area contributed by atoms with Crippen LogP contribution in [-0.4, -0.2) is 31.3 Å². The first-order valence-corrected chi connectivity index (χ1v) is 11.5. The molecule has 198 valence electrons. The molecular weight excluding hydrogens is 502 g/mol. The van der Waals surface area contributed by atoms with Crippen LogP contribution in [0.2, 0.25) is 0 Å². The summed E-state index contributed by atoms with van der Waals surface area (Å²) in [6, 6.07) is 11.6. The van der Waals surface area contributed by atoms with E-state index in [2.05, 4.69) is 0 Å². The van der Waals surface area contributed by atoms with Crippen LogP contribution in [0.1, 0.15) is 25.4 Å². The summed E-state index contributed by atoms with van der Waals surface area (Å²) in [6.45, 7) is 1.19. The Balaban J connectivity index is 1.43. The molecule has 0 spiro atoms. The summed E-state index contributed by atoms with van der Waals surface area (Å²) < 4.78 is 46.7. The second kappa shape index (κ2) is 11.6. The lowest BCUT2D eigenvalue weighted by atomic mass is 10.2. The van der Waals surface area contributed by atoms with Gasteiger partial charge >= 0.3 is 11.9 Å². The molecule has 0 saturated carbocycles. The zero-order valence-electron chi connectivity index (χ0n) is 20.5. The number of hydrogen-bond acceptors (Lipinski definition) is 10. The lowest BCUT2D eigenvalue weighted by Gasteiger charge is -2.14. The molecule has 11 heteroatoms. The van der Waals surface area contributed by atoms with Gasteiger partial charge in [0, 0.05) is 26.0 Å². The Hall–Kier alpha value is -4.67. The van der Waals surface area contributed by atoms with Gasteiger partial charge in [0.05, 0.1) is 0 Å². The van der Waals surface area contributed by atoms with Crippen molar-refractivity contribution >= 4 is 33.9 Å². The highest BCUT2D eigenvalue weighted by molar-refractivity contribution is 5.84. The minimum absolute atomic E-state index is 0.114. The van der Waals surface area contributed by atoms with Crippen molar-refractivity contribution in [3.8, 4) is 11.5 Å². The summed E-state index contributed by atoms with van der Waals surface area (Å²) >= 11 is 0. The standard InChI is InChI=1S/C27H23FO10/c1-15(29)33-13-18-9-20(31)26-22(5-3-7-24(26)37-18)35-11-17(28)12-36-23-6-4-8-25-27(23)21(32)10-19(38-25)14-34-16(2)30/h3-10,17H,11-14H2,1-2H3/i28-1. The van der Waals surface area contributed by atoms with E-state index in [1.807, 2.05) is 0 Å². The maximum atomic E-state index is 14.7. The summed E-state index contributed by atoms with van der Waals surface area (Å²) in [5.41, 5.74) is -0.490. The van der Waals surface area contributed by atoms with Gasteiger partial charge < -0.3 is 27.8 Å². The van der Waals surface area contributed by atoms with Crippen molar-refractivity contribution in [3.63, 3.8) is 0 Å². The smallest absolute Gasteiger partial charge is 0.303 e. The fourth-order valence-electron chi connectivity index (χ4n) is 3.59. The number of ether oxygens (including phenoxy) is 4. The van der Waals surface area contributed by atoms with Crippen molar-refractivity contribution in [3.05, 3.63) is 80.5 Å². The highest BCUT2D eigenvalue weighted by Gasteiger charge is 2.16. The average molecular weight is 525 g/mol. The number of hydrogen-bond donors (Lipinski definition) is 0. The Morgan fingerprint density at radius 3 is 1.58 bits per heavy atom. The minimum atomic E-state index is -1.62. The zero-order valence-corrected chi connectivity index (χ0v) is 20.5. The van der Waals surface area contributed by atoms with Crippen LogP contribution < -0.4 is 20.3 Å². The summed E-state index contributed by atoms with van der Waals surface area (Å²) in [5, 5.41) is 0.229. The van der Waals surface area contributed by atoms with Gasteiger partial charge in [-0.2, -0.15) is 0 Å². The van der Waals surface area contributed by atoms with E-state index < -0.39 is 42.2 Å². The summed E-state index contributed by atoms with van der Waals surface area (Å²) in [5.74, 6) is -0.494. The fraction of sp³-hybridized carbons (Fsp3) is 0.259. The van der Waals surface area contributed by atoms with Crippen LogP contribution in [0.3, 0.4) is 0 Å². The third kappa shape index (κ3) is 6.36. The average Bonchev–Trinajstić information content (AvgIpc) is 2.88. The first kappa shape index (κ1) is 26.4. The molecule has 0 aliphatic heterocycles. The van der Waals surface area contributed by atoms with E-state index in [9.17, 15) is 23.6 Å². The van der Waals surface area contributed by atoms with Crippen molar-refractivity contribution in [2.75, 3.05) is 13.2 Å². The van der Waals surface area contributed by atoms with Crippen molar-refractivity contribution in [1.29, 1.82) is 0 Å². The van der Waals surface area contributed by atoms with Gasteiger partial charge in [0.2, 0.25) is 0 Å². The molecule has 2 aromatic heterocycles. The Kier molecular flexibility index (Phi) is 8.05. The number of fused-ring (bicyclic) bond motifs is 2. The molecule has 0 unspecified atom stereocenters. The van der Waals surface area contributed by atoms with Gasteiger partial charge in [-0.25, -0.2) is 4.39 Å². The first-order valence-electron chi connectivity index (χ1n) is 11.5. The Bertz CT molecular complexity index is 1480. The molecule has 2 heterocycles. The maximum Gasteiger partial charge on any atom is 0.303 e. The van der Waals surface area contributed by atoms with Crippen molar-refractivity contribution in [1.82, 2.24) is 0 Å². The molecule has 0 atom stereocenters. The molecule has 0 aliphatic rings. The predicted molar refractivity (Wildman–Crippen MR) is 132 cm³/mol. The van der Waals surface area contributed by atoms with Crippen LogP contribution >= 0.6 is 0 Å².